The van der Waals surface area contributed by atoms with E-state index in [1.165, 1.54) is 0 Å². The van der Waals surface area contributed by atoms with Crippen LogP contribution in [0.3, 0.4) is 0 Å². The molecular weight excluding hydrogens is 262 g/mol. The first-order valence-corrected chi connectivity index (χ1v) is 6.53. The summed E-state index contributed by atoms with van der Waals surface area (Å²) in [4.78, 5) is 14.5. The van der Waals surface area contributed by atoms with Crippen molar-refractivity contribution in [3.8, 4) is 5.75 Å². The van der Waals surface area contributed by atoms with Crippen LogP contribution in [0.5, 0.6) is 5.75 Å². The van der Waals surface area contributed by atoms with E-state index >= 15 is 0 Å². The lowest BCUT2D eigenvalue weighted by atomic mass is 10.3. The summed E-state index contributed by atoms with van der Waals surface area (Å²) in [5.74, 6) is 0.816. The molecule has 1 N–H and O–H groups in total. The van der Waals surface area contributed by atoms with E-state index in [1.807, 2.05) is 24.3 Å². The maximum absolute atomic E-state index is 10.6. The van der Waals surface area contributed by atoms with Crippen molar-refractivity contribution in [2.45, 2.75) is 0 Å². The predicted octanol–water partition coefficient (Wildman–Crippen LogP) is 1.17. The fourth-order valence-electron chi connectivity index (χ4n) is 1.91. The Morgan fingerprint density at radius 2 is 1.89 bits per heavy atom. The summed E-state index contributed by atoms with van der Waals surface area (Å²) < 4.78 is 5.11. The third-order valence-corrected chi connectivity index (χ3v) is 3.45. The molecule has 1 fully saturated rings. The number of rotatable bonds is 3. The molecule has 0 aliphatic carbocycles. The van der Waals surface area contributed by atoms with Crippen molar-refractivity contribution in [1.29, 1.82) is 0 Å². The highest BCUT2D eigenvalue weighted by atomic mass is 32.1. The number of carbonyl (C=O) groups excluding carboxylic acids is 1. The smallest absolute Gasteiger partial charge is 0.209 e. The normalized spacial score (nSPS) is 15.0. The second kappa shape index (κ2) is 6.38. The Morgan fingerprint density at radius 1 is 1.26 bits per heavy atom. The number of amides is 1. The molecule has 2 rings (SSSR count). The van der Waals surface area contributed by atoms with Gasteiger partial charge in [-0.05, 0) is 36.5 Å². The summed E-state index contributed by atoms with van der Waals surface area (Å²) >= 11 is 5.37. The van der Waals surface area contributed by atoms with Crippen LogP contribution in [0.15, 0.2) is 24.3 Å². The minimum absolute atomic E-state index is 0.690. The third kappa shape index (κ3) is 3.57. The van der Waals surface area contributed by atoms with Gasteiger partial charge >= 0.3 is 0 Å². The second-order valence-corrected chi connectivity index (χ2v) is 4.67. The molecule has 102 valence electrons. The quantitative estimate of drug-likeness (QED) is 0.664. The Labute approximate surface area is 118 Å². The molecule has 19 heavy (non-hydrogen) atoms. The summed E-state index contributed by atoms with van der Waals surface area (Å²) in [5, 5.41) is 3.88. The standard InChI is InChI=1S/C13H17N3O2S/c1-18-12-4-2-11(3-5-12)14-13(19)16-8-6-15(10-17)7-9-16/h2-5,10H,6-9H2,1H3,(H,14,19). The van der Waals surface area contributed by atoms with E-state index in [0.717, 1.165) is 30.9 Å². The molecular formula is C13H17N3O2S. The van der Waals surface area contributed by atoms with Crippen LogP contribution >= 0.6 is 12.2 Å². The van der Waals surface area contributed by atoms with E-state index < -0.39 is 0 Å². The summed E-state index contributed by atoms with van der Waals surface area (Å²) in [7, 11) is 1.64. The number of ether oxygens (including phenoxy) is 1. The third-order valence-electron chi connectivity index (χ3n) is 3.09. The maximum Gasteiger partial charge on any atom is 0.209 e. The van der Waals surface area contributed by atoms with Gasteiger partial charge < -0.3 is 19.9 Å². The first-order valence-electron chi connectivity index (χ1n) is 6.12. The molecule has 6 heteroatoms. The highest BCUT2D eigenvalue weighted by molar-refractivity contribution is 7.80. The van der Waals surface area contributed by atoms with E-state index in [0.29, 0.717) is 18.2 Å². The van der Waals surface area contributed by atoms with Crippen LogP contribution in [0.1, 0.15) is 0 Å². The lowest BCUT2D eigenvalue weighted by molar-refractivity contribution is -0.119. The fraction of sp³-hybridized carbons (Fsp3) is 0.385. The number of nitrogens with one attached hydrogen (secondary N) is 1. The molecule has 0 aromatic heterocycles. The number of hydrogen-bond acceptors (Lipinski definition) is 3. The molecule has 1 aliphatic heterocycles. The molecule has 1 aromatic rings. The summed E-state index contributed by atoms with van der Waals surface area (Å²) in [6.07, 6.45) is 0.886. The molecule has 1 heterocycles. The van der Waals surface area contributed by atoms with Gasteiger partial charge in [0, 0.05) is 31.9 Å². The van der Waals surface area contributed by atoms with Crippen molar-refractivity contribution < 1.29 is 9.53 Å². The van der Waals surface area contributed by atoms with Crippen LogP contribution in [0, 0.1) is 0 Å². The lowest BCUT2D eigenvalue weighted by Gasteiger charge is -2.34. The number of piperazine rings is 1. The van der Waals surface area contributed by atoms with Crippen LogP contribution in [-0.4, -0.2) is 54.6 Å². The van der Waals surface area contributed by atoms with Gasteiger partial charge in [0.1, 0.15) is 5.75 Å². The van der Waals surface area contributed by atoms with E-state index in [-0.39, 0.29) is 0 Å². The van der Waals surface area contributed by atoms with Gasteiger partial charge in [0.25, 0.3) is 0 Å². The van der Waals surface area contributed by atoms with Crippen LogP contribution in [0.4, 0.5) is 5.69 Å². The van der Waals surface area contributed by atoms with E-state index in [1.54, 1.807) is 12.0 Å². The molecule has 0 bridgehead atoms. The van der Waals surface area contributed by atoms with Gasteiger partial charge in [-0.15, -0.1) is 0 Å². The summed E-state index contributed by atoms with van der Waals surface area (Å²) in [6.45, 7) is 2.96. The zero-order chi connectivity index (χ0) is 13.7. The average Bonchev–Trinajstić information content (AvgIpc) is 2.48. The van der Waals surface area contributed by atoms with Crippen LogP contribution < -0.4 is 10.1 Å². The molecule has 1 aliphatic rings. The lowest BCUT2D eigenvalue weighted by Crippen LogP contribution is -2.49. The number of benzene rings is 1. The number of nitrogens with zero attached hydrogens (tertiary/aromatic N) is 2. The van der Waals surface area contributed by atoms with Crippen molar-refractivity contribution in [1.82, 2.24) is 9.80 Å². The number of hydrogen-bond donors (Lipinski definition) is 1. The number of thiocarbonyl (C=S) groups is 1. The van der Waals surface area contributed by atoms with Crippen LogP contribution in [-0.2, 0) is 4.79 Å². The molecule has 5 nitrogen and oxygen atoms in total. The van der Waals surface area contributed by atoms with Gasteiger partial charge in [0.15, 0.2) is 5.11 Å². The van der Waals surface area contributed by atoms with Crippen molar-refractivity contribution in [2.24, 2.45) is 0 Å². The fourth-order valence-corrected chi connectivity index (χ4v) is 2.21. The zero-order valence-electron chi connectivity index (χ0n) is 10.8. The van der Waals surface area contributed by atoms with Crippen molar-refractivity contribution in [3.05, 3.63) is 24.3 Å². The van der Waals surface area contributed by atoms with E-state index in [9.17, 15) is 4.79 Å². The van der Waals surface area contributed by atoms with Gasteiger partial charge in [-0.3, -0.25) is 4.79 Å². The highest BCUT2D eigenvalue weighted by Gasteiger charge is 2.17. The van der Waals surface area contributed by atoms with Gasteiger partial charge in [0.05, 0.1) is 7.11 Å². The number of anilines is 1. The molecule has 0 atom stereocenters. The average molecular weight is 279 g/mol. The monoisotopic (exact) mass is 279 g/mol. The van der Waals surface area contributed by atoms with Crippen molar-refractivity contribution in [3.63, 3.8) is 0 Å². The van der Waals surface area contributed by atoms with Crippen molar-refractivity contribution >= 4 is 29.4 Å². The Kier molecular flexibility index (Phi) is 4.57. The van der Waals surface area contributed by atoms with Crippen LogP contribution in [0.2, 0.25) is 0 Å². The highest BCUT2D eigenvalue weighted by Crippen LogP contribution is 2.15. The van der Waals surface area contributed by atoms with Crippen molar-refractivity contribution in [2.75, 3.05) is 38.6 Å². The summed E-state index contributed by atoms with van der Waals surface area (Å²) in [6, 6.07) is 7.62. The van der Waals surface area contributed by atoms with Gasteiger partial charge in [-0.2, -0.15) is 0 Å². The number of carbonyl (C=O) groups is 1. The topological polar surface area (TPSA) is 44.8 Å². The van der Waals surface area contributed by atoms with E-state index in [4.69, 9.17) is 17.0 Å². The molecule has 0 radical (unpaired) electrons. The number of methoxy groups -OCH3 is 1. The summed E-state index contributed by atoms with van der Waals surface area (Å²) in [5.41, 5.74) is 0.934. The van der Waals surface area contributed by atoms with Gasteiger partial charge in [-0.1, -0.05) is 0 Å². The largest absolute Gasteiger partial charge is 0.497 e. The Hall–Kier alpha value is -1.82. The predicted molar refractivity (Wildman–Crippen MR) is 78.4 cm³/mol. The SMILES string of the molecule is COc1ccc(NC(=S)N2CCN(C=O)CC2)cc1. The zero-order valence-corrected chi connectivity index (χ0v) is 11.7. The Balaban J connectivity index is 1.88. The molecule has 1 aromatic carbocycles. The first kappa shape index (κ1) is 13.6. The van der Waals surface area contributed by atoms with Gasteiger partial charge in [0.2, 0.25) is 6.41 Å². The molecule has 1 amide bonds. The van der Waals surface area contributed by atoms with E-state index in [2.05, 4.69) is 10.2 Å². The minimum atomic E-state index is 0.690. The minimum Gasteiger partial charge on any atom is -0.497 e. The Morgan fingerprint density at radius 3 is 2.42 bits per heavy atom. The second-order valence-electron chi connectivity index (χ2n) is 4.29. The first-order chi connectivity index (χ1) is 9.22. The van der Waals surface area contributed by atoms with Gasteiger partial charge in [-0.25, -0.2) is 0 Å². The molecule has 0 unspecified atom stereocenters. The molecule has 1 saturated heterocycles. The molecule has 0 saturated carbocycles. The molecule has 0 spiro atoms. The maximum atomic E-state index is 10.6. The Bertz CT molecular complexity index is 442. The van der Waals surface area contributed by atoms with Crippen LogP contribution in [0.25, 0.3) is 0 Å².